The number of piperidine rings is 1. The standard InChI is InChI=1S/C23H30N2O/c1-4-24-12-11-22-20(14-24)19-13-17(3)7-10-21(19)25(22)15-23(26)18-8-5-16(2)6-9-18/h5-10,13,20,22-23,26H,4,11-12,14-15H2,1-3H3. The summed E-state index contributed by atoms with van der Waals surface area (Å²) in [4.78, 5) is 5.05. The summed E-state index contributed by atoms with van der Waals surface area (Å²) in [6, 6.07) is 15.6. The number of aryl methyl sites for hydroxylation is 2. The number of aliphatic hydroxyl groups is 1. The first-order valence-electron chi connectivity index (χ1n) is 9.91. The number of anilines is 1. The molecule has 3 heteroatoms. The van der Waals surface area contributed by atoms with E-state index in [0.717, 1.165) is 25.2 Å². The van der Waals surface area contributed by atoms with E-state index in [4.69, 9.17) is 0 Å². The number of rotatable bonds is 4. The Kier molecular flexibility index (Phi) is 4.76. The Labute approximate surface area is 157 Å². The Morgan fingerprint density at radius 1 is 1.08 bits per heavy atom. The summed E-state index contributed by atoms with van der Waals surface area (Å²) >= 11 is 0. The van der Waals surface area contributed by atoms with Gasteiger partial charge in [0, 0.05) is 37.3 Å². The first kappa shape index (κ1) is 17.6. The van der Waals surface area contributed by atoms with Crippen molar-refractivity contribution in [2.75, 3.05) is 31.1 Å². The number of nitrogens with zero attached hydrogens (tertiary/aromatic N) is 2. The van der Waals surface area contributed by atoms with E-state index in [-0.39, 0.29) is 0 Å². The predicted molar refractivity (Wildman–Crippen MR) is 108 cm³/mol. The highest BCUT2D eigenvalue weighted by Crippen LogP contribution is 2.45. The summed E-state index contributed by atoms with van der Waals surface area (Å²) in [5, 5.41) is 10.9. The van der Waals surface area contributed by atoms with Crippen LogP contribution in [-0.2, 0) is 0 Å². The average Bonchev–Trinajstić information content (AvgIpc) is 2.94. The zero-order chi connectivity index (χ0) is 18.3. The molecule has 2 aliphatic heterocycles. The van der Waals surface area contributed by atoms with Gasteiger partial charge in [-0.25, -0.2) is 0 Å². The molecule has 1 saturated heterocycles. The van der Waals surface area contributed by atoms with Crippen molar-refractivity contribution in [1.29, 1.82) is 0 Å². The molecule has 1 fully saturated rings. The molecule has 0 aromatic heterocycles. The van der Waals surface area contributed by atoms with Gasteiger partial charge in [-0.15, -0.1) is 0 Å². The molecule has 0 amide bonds. The van der Waals surface area contributed by atoms with Gasteiger partial charge >= 0.3 is 0 Å². The smallest absolute Gasteiger partial charge is 0.0964 e. The van der Waals surface area contributed by atoms with E-state index in [1.165, 1.54) is 28.8 Å². The number of aliphatic hydroxyl groups excluding tert-OH is 1. The molecular weight excluding hydrogens is 320 g/mol. The van der Waals surface area contributed by atoms with Crippen molar-refractivity contribution in [1.82, 2.24) is 4.90 Å². The first-order chi connectivity index (χ1) is 12.6. The van der Waals surface area contributed by atoms with E-state index in [1.54, 1.807) is 0 Å². The van der Waals surface area contributed by atoms with Crippen LogP contribution in [0.25, 0.3) is 0 Å². The number of hydrogen-bond donors (Lipinski definition) is 1. The van der Waals surface area contributed by atoms with E-state index in [9.17, 15) is 5.11 Å². The maximum absolute atomic E-state index is 10.9. The Hall–Kier alpha value is -1.84. The Morgan fingerprint density at radius 2 is 1.81 bits per heavy atom. The minimum atomic E-state index is -0.451. The quantitative estimate of drug-likeness (QED) is 0.902. The zero-order valence-electron chi connectivity index (χ0n) is 16.2. The second-order valence-corrected chi connectivity index (χ2v) is 8.00. The van der Waals surface area contributed by atoms with E-state index in [2.05, 4.69) is 73.0 Å². The van der Waals surface area contributed by atoms with Crippen molar-refractivity contribution in [3.05, 3.63) is 64.7 Å². The summed E-state index contributed by atoms with van der Waals surface area (Å²) in [5.41, 5.74) is 6.38. The lowest BCUT2D eigenvalue weighted by atomic mass is 9.88. The van der Waals surface area contributed by atoms with Crippen LogP contribution in [0, 0.1) is 13.8 Å². The number of hydrogen-bond acceptors (Lipinski definition) is 3. The number of benzene rings is 2. The van der Waals surface area contributed by atoms with Crippen LogP contribution in [0.2, 0.25) is 0 Å². The Bertz CT molecular complexity index is 770. The number of likely N-dealkylation sites (tertiary alicyclic amines) is 1. The topological polar surface area (TPSA) is 26.7 Å². The number of likely N-dealkylation sites (N-methyl/N-ethyl adjacent to an activating group) is 1. The van der Waals surface area contributed by atoms with Crippen molar-refractivity contribution in [3.8, 4) is 0 Å². The summed E-state index contributed by atoms with van der Waals surface area (Å²) in [5.74, 6) is 0.559. The van der Waals surface area contributed by atoms with E-state index < -0.39 is 6.10 Å². The van der Waals surface area contributed by atoms with Crippen molar-refractivity contribution in [3.63, 3.8) is 0 Å². The lowest BCUT2D eigenvalue weighted by molar-refractivity contribution is 0.166. The molecule has 3 atom stereocenters. The molecule has 2 aromatic rings. The second kappa shape index (κ2) is 7.05. The fourth-order valence-corrected chi connectivity index (χ4v) is 4.70. The Morgan fingerprint density at radius 3 is 2.54 bits per heavy atom. The number of β-amino-alcohol motifs (C(OH)–C–C–N with tert-alkyl or cyclic N) is 1. The van der Waals surface area contributed by atoms with Crippen LogP contribution < -0.4 is 4.90 Å². The van der Waals surface area contributed by atoms with Gasteiger partial charge in [0.15, 0.2) is 0 Å². The normalized spacial score (nSPS) is 23.6. The van der Waals surface area contributed by atoms with Crippen molar-refractivity contribution >= 4 is 5.69 Å². The number of fused-ring (bicyclic) bond motifs is 3. The van der Waals surface area contributed by atoms with Gasteiger partial charge < -0.3 is 14.9 Å². The molecule has 0 bridgehead atoms. The van der Waals surface area contributed by atoms with Crippen LogP contribution in [0.1, 0.15) is 47.6 Å². The van der Waals surface area contributed by atoms with Crippen LogP contribution in [0.3, 0.4) is 0 Å². The van der Waals surface area contributed by atoms with E-state index in [0.29, 0.717) is 18.5 Å². The second-order valence-electron chi connectivity index (χ2n) is 8.00. The maximum atomic E-state index is 10.9. The van der Waals surface area contributed by atoms with Gasteiger partial charge in [-0.3, -0.25) is 0 Å². The van der Waals surface area contributed by atoms with Gasteiger partial charge in [-0.05, 0) is 44.0 Å². The summed E-state index contributed by atoms with van der Waals surface area (Å²) in [6.07, 6.45) is 0.722. The molecule has 2 heterocycles. The SMILES string of the molecule is CCN1CCC2C(C1)c1cc(C)ccc1N2CC(O)c1ccc(C)cc1. The molecule has 0 aliphatic carbocycles. The molecule has 0 radical (unpaired) electrons. The maximum Gasteiger partial charge on any atom is 0.0964 e. The molecule has 26 heavy (non-hydrogen) atoms. The van der Waals surface area contributed by atoms with Gasteiger partial charge in [0.1, 0.15) is 0 Å². The highest BCUT2D eigenvalue weighted by molar-refractivity contribution is 5.63. The first-order valence-corrected chi connectivity index (χ1v) is 9.91. The third-order valence-electron chi connectivity index (χ3n) is 6.23. The van der Waals surface area contributed by atoms with Crippen LogP contribution >= 0.6 is 0 Å². The predicted octanol–water partition coefficient (Wildman–Crippen LogP) is 4.03. The monoisotopic (exact) mass is 350 g/mol. The fourth-order valence-electron chi connectivity index (χ4n) is 4.70. The van der Waals surface area contributed by atoms with Gasteiger partial charge in [0.25, 0.3) is 0 Å². The van der Waals surface area contributed by atoms with E-state index in [1.807, 2.05) is 0 Å². The Balaban J connectivity index is 1.62. The third kappa shape index (κ3) is 3.15. The van der Waals surface area contributed by atoms with Crippen LogP contribution in [0.4, 0.5) is 5.69 Å². The largest absolute Gasteiger partial charge is 0.387 e. The highest BCUT2D eigenvalue weighted by atomic mass is 16.3. The van der Waals surface area contributed by atoms with Crippen molar-refractivity contribution in [2.24, 2.45) is 0 Å². The molecule has 3 unspecified atom stereocenters. The molecule has 138 valence electrons. The minimum absolute atomic E-state index is 0.451. The zero-order valence-corrected chi connectivity index (χ0v) is 16.2. The van der Waals surface area contributed by atoms with Crippen LogP contribution in [-0.4, -0.2) is 42.2 Å². The summed E-state index contributed by atoms with van der Waals surface area (Å²) < 4.78 is 0. The third-order valence-corrected chi connectivity index (χ3v) is 6.23. The van der Waals surface area contributed by atoms with E-state index >= 15 is 0 Å². The van der Waals surface area contributed by atoms with Crippen LogP contribution in [0.15, 0.2) is 42.5 Å². The summed E-state index contributed by atoms with van der Waals surface area (Å²) in [6.45, 7) is 10.6. The van der Waals surface area contributed by atoms with Crippen LogP contribution in [0.5, 0.6) is 0 Å². The molecule has 2 aliphatic rings. The minimum Gasteiger partial charge on any atom is -0.387 e. The fraction of sp³-hybridized carbons (Fsp3) is 0.478. The molecule has 0 saturated carbocycles. The average molecular weight is 351 g/mol. The van der Waals surface area contributed by atoms with Gasteiger partial charge in [-0.2, -0.15) is 0 Å². The van der Waals surface area contributed by atoms with Crippen molar-refractivity contribution in [2.45, 2.75) is 45.3 Å². The molecular formula is C23H30N2O. The molecule has 0 spiro atoms. The molecule has 3 nitrogen and oxygen atoms in total. The molecule has 1 N–H and O–H groups in total. The van der Waals surface area contributed by atoms with Gasteiger partial charge in [0.05, 0.1) is 6.10 Å². The van der Waals surface area contributed by atoms with Gasteiger partial charge in [0.2, 0.25) is 0 Å². The lowest BCUT2D eigenvalue weighted by Gasteiger charge is -2.39. The highest BCUT2D eigenvalue weighted by Gasteiger charge is 2.42. The molecule has 4 rings (SSSR count). The molecule has 2 aromatic carbocycles. The van der Waals surface area contributed by atoms with Gasteiger partial charge in [-0.1, -0.05) is 54.4 Å². The summed E-state index contributed by atoms with van der Waals surface area (Å²) in [7, 11) is 0. The van der Waals surface area contributed by atoms with Crippen molar-refractivity contribution < 1.29 is 5.11 Å². The lowest BCUT2D eigenvalue weighted by Crippen LogP contribution is -2.47.